The number of rotatable bonds is 6. The molecule has 0 radical (unpaired) electrons. The summed E-state index contributed by atoms with van der Waals surface area (Å²) in [6.07, 6.45) is 1.33. The molecule has 1 fully saturated rings. The van der Waals surface area contributed by atoms with E-state index in [0.29, 0.717) is 42.5 Å². The van der Waals surface area contributed by atoms with Crippen LogP contribution in [-0.4, -0.2) is 47.9 Å². The molecule has 158 valence electrons. The smallest absolute Gasteiger partial charge is 0.261 e. The maximum Gasteiger partial charge on any atom is 0.261 e. The number of primary amides is 1. The van der Waals surface area contributed by atoms with Crippen LogP contribution in [-0.2, 0) is 4.79 Å². The van der Waals surface area contributed by atoms with Crippen molar-refractivity contribution in [2.45, 2.75) is 0 Å². The SMILES string of the molecule is C=CC(=O)N1CCN(c2nc(-c3ccc(Oc4ccccc4)cc3)c(C(N)=O)s2)CC1. The molecule has 0 spiro atoms. The molecule has 0 unspecified atom stereocenters. The van der Waals surface area contributed by atoms with Gasteiger partial charge in [0, 0.05) is 31.7 Å². The molecule has 3 aromatic rings. The molecule has 1 saturated heterocycles. The molecule has 0 saturated carbocycles. The van der Waals surface area contributed by atoms with E-state index in [0.717, 1.165) is 16.4 Å². The van der Waals surface area contributed by atoms with Crippen LogP contribution in [0.4, 0.5) is 5.13 Å². The summed E-state index contributed by atoms with van der Waals surface area (Å²) in [7, 11) is 0. The van der Waals surface area contributed by atoms with Gasteiger partial charge in [-0.25, -0.2) is 4.98 Å². The number of anilines is 1. The second kappa shape index (κ2) is 9.01. The van der Waals surface area contributed by atoms with Crippen LogP contribution >= 0.6 is 11.3 Å². The van der Waals surface area contributed by atoms with Gasteiger partial charge < -0.3 is 20.3 Å². The van der Waals surface area contributed by atoms with Gasteiger partial charge in [0.05, 0.1) is 5.69 Å². The van der Waals surface area contributed by atoms with Crippen molar-refractivity contribution in [2.24, 2.45) is 5.73 Å². The molecule has 1 aliphatic rings. The lowest BCUT2D eigenvalue weighted by Crippen LogP contribution is -2.48. The quantitative estimate of drug-likeness (QED) is 0.600. The van der Waals surface area contributed by atoms with Crippen molar-refractivity contribution in [2.75, 3.05) is 31.1 Å². The zero-order valence-electron chi connectivity index (χ0n) is 16.9. The van der Waals surface area contributed by atoms with Gasteiger partial charge in [-0.3, -0.25) is 9.59 Å². The number of thiazole rings is 1. The zero-order chi connectivity index (χ0) is 21.8. The van der Waals surface area contributed by atoms with Gasteiger partial charge >= 0.3 is 0 Å². The molecule has 4 rings (SSSR count). The lowest BCUT2D eigenvalue weighted by Gasteiger charge is -2.34. The molecule has 31 heavy (non-hydrogen) atoms. The number of carbonyl (C=O) groups is 2. The van der Waals surface area contributed by atoms with E-state index in [4.69, 9.17) is 15.5 Å². The molecule has 2 amide bonds. The second-order valence-corrected chi connectivity index (χ2v) is 7.97. The number of hydrogen-bond donors (Lipinski definition) is 1. The molecule has 8 heteroatoms. The van der Waals surface area contributed by atoms with Gasteiger partial charge in [-0.05, 0) is 42.5 Å². The number of carbonyl (C=O) groups excluding carboxylic acids is 2. The molecule has 0 bridgehead atoms. The van der Waals surface area contributed by atoms with Crippen molar-refractivity contribution >= 4 is 28.3 Å². The number of hydrogen-bond acceptors (Lipinski definition) is 6. The first-order valence-electron chi connectivity index (χ1n) is 9.85. The summed E-state index contributed by atoms with van der Waals surface area (Å²) < 4.78 is 5.83. The lowest BCUT2D eigenvalue weighted by molar-refractivity contribution is -0.126. The highest BCUT2D eigenvalue weighted by atomic mass is 32.1. The summed E-state index contributed by atoms with van der Waals surface area (Å²) in [4.78, 5) is 32.8. The third kappa shape index (κ3) is 4.59. The number of benzene rings is 2. The topological polar surface area (TPSA) is 88.8 Å². The first-order valence-corrected chi connectivity index (χ1v) is 10.7. The highest BCUT2D eigenvalue weighted by Crippen LogP contribution is 2.34. The minimum absolute atomic E-state index is 0.0740. The molecule has 1 aliphatic heterocycles. The molecule has 0 atom stereocenters. The standard InChI is InChI=1S/C23H22N4O3S/c1-2-19(28)26-12-14-27(15-13-26)23-25-20(21(31-23)22(24)29)16-8-10-18(11-9-16)30-17-6-4-3-5-7-17/h2-11H,1,12-15H2,(H2,24,29). The van der Waals surface area contributed by atoms with E-state index < -0.39 is 5.91 Å². The summed E-state index contributed by atoms with van der Waals surface area (Å²) in [6.45, 7) is 5.96. The second-order valence-electron chi connectivity index (χ2n) is 6.99. The predicted octanol–water partition coefficient (Wildman–Crippen LogP) is 3.54. The van der Waals surface area contributed by atoms with Crippen molar-refractivity contribution < 1.29 is 14.3 Å². The van der Waals surface area contributed by atoms with Crippen molar-refractivity contribution in [3.63, 3.8) is 0 Å². The maximum atomic E-state index is 12.1. The van der Waals surface area contributed by atoms with Gasteiger partial charge in [0.15, 0.2) is 5.13 Å². The zero-order valence-corrected chi connectivity index (χ0v) is 17.7. The summed E-state index contributed by atoms with van der Waals surface area (Å²) in [5.41, 5.74) is 6.98. The summed E-state index contributed by atoms with van der Waals surface area (Å²) in [5, 5.41) is 0.721. The molecule has 1 aromatic heterocycles. The van der Waals surface area contributed by atoms with Gasteiger partial charge in [-0.1, -0.05) is 36.1 Å². The van der Waals surface area contributed by atoms with Crippen LogP contribution in [0, 0.1) is 0 Å². The van der Waals surface area contributed by atoms with Crippen LogP contribution in [0.15, 0.2) is 67.3 Å². The Kier molecular flexibility index (Phi) is 5.99. The van der Waals surface area contributed by atoms with Crippen molar-refractivity contribution in [3.8, 4) is 22.8 Å². The number of ether oxygens (including phenoxy) is 1. The number of para-hydroxylation sites is 1. The Morgan fingerprint density at radius 2 is 1.65 bits per heavy atom. The monoisotopic (exact) mass is 434 g/mol. The molecule has 2 heterocycles. The van der Waals surface area contributed by atoms with E-state index in [1.54, 1.807) is 4.90 Å². The van der Waals surface area contributed by atoms with Gasteiger partial charge in [0.1, 0.15) is 16.4 Å². The van der Waals surface area contributed by atoms with Crippen molar-refractivity contribution in [3.05, 3.63) is 72.1 Å². The fraction of sp³-hybridized carbons (Fsp3) is 0.174. The summed E-state index contributed by atoms with van der Waals surface area (Å²) in [5.74, 6) is 0.853. The number of amides is 2. The van der Waals surface area contributed by atoms with Gasteiger partial charge in [-0.2, -0.15) is 0 Å². The fourth-order valence-electron chi connectivity index (χ4n) is 3.36. The average Bonchev–Trinajstić information content (AvgIpc) is 3.26. The molecular weight excluding hydrogens is 412 g/mol. The Bertz CT molecular complexity index is 1090. The Labute approximate surface area is 184 Å². The molecule has 0 aliphatic carbocycles. The Morgan fingerprint density at radius 3 is 2.26 bits per heavy atom. The summed E-state index contributed by atoms with van der Waals surface area (Å²) in [6, 6.07) is 16.9. The highest BCUT2D eigenvalue weighted by molar-refractivity contribution is 7.18. The molecule has 7 nitrogen and oxygen atoms in total. The van der Waals surface area contributed by atoms with Crippen LogP contribution in [0.5, 0.6) is 11.5 Å². The predicted molar refractivity (Wildman–Crippen MR) is 122 cm³/mol. The molecular formula is C23H22N4O3S. The Balaban J connectivity index is 1.53. The highest BCUT2D eigenvalue weighted by Gasteiger charge is 2.25. The average molecular weight is 435 g/mol. The maximum absolute atomic E-state index is 12.1. The van der Waals surface area contributed by atoms with Crippen molar-refractivity contribution in [1.82, 2.24) is 9.88 Å². The summed E-state index contributed by atoms with van der Waals surface area (Å²) >= 11 is 1.28. The minimum atomic E-state index is -0.510. The van der Waals surface area contributed by atoms with Gasteiger partial charge in [0.25, 0.3) is 5.91 Å². The van der Waals surface area contributed by atoms with E-state index in [1.807, 2.05) is 54.6 Å². The van der Waals surface area contributed by atoms with Crippen LogP contribution in [0.1, 0.15) is 9.67 Å². The van der Waals surface area contributed by atoms with E-state index in [2.05, 4.69) is 11.5 Å². The molecule has 2 aromatic carbocycles. The Hall–Kier alpha value is -3.65. The van der Waals surface area contributed by atoms with E-state index in [9.17, 15) is 9.59 Å². The first-order chi connectivity index (χ1) is 15.0. The fourth-order valence-corrected chi connectivity index (χ4v) is 4.35. The van der Waals surface area contributed by atoms with E-state index in [1.165, 1.54) is 17.4 Å². The Morgan fingerprint density at radius 1 is 1.00 bits per heavy atom. The van der Waals surface area contributed by atoms with E-state index >= 15 is 0 Å². The number of aromatic nitrogens is 1. The van der Waals surface area contributed by atoms with Gasteiger partial charge in [-0.15, -0.1) is 0 Å². The third-order valence-electron chi connectivity index (χ3n) is 4.98. The number of piperazine rings is 1. The van der Waals surface area contributed by atoms with Gasteiger partial charge in [0.2, 0.25) is 5.91 Å². The van der Waals surface area contributed by atoms with Crippen LogP contribution in [0.2, 0.25) is 0 Å². The molecule has 2 N–H and O–H groups in total. The number of nitrogens with two attached hydrogens (primary N) is 1. The largest absolute Gasteiger partial charge is 0.457 e. The van der Waals surface area contributed by atoms with Crippen LogP contribution < -0.4 is 15.4 Å². The number of nitrogens with zero attached hydrogens (tertiary/aromatic N) is 3. The van der Waals surface area contributed by atoms with E-state index in [-0.39, 0.29) is 5.91 Å². The normalized spacial score (nSPS) is 13.7. The lowest BCUT2D eigenvalue weighted by atomic mass is 10.1. The van der Waals surface area contributed by atoms with Crippen molar-refractivity contribution in [1.29, 1.82) is 0 Å². The van der Waals surface area contributed by atoms with Crippen LogP contribution in [0.25, 0.3) is 11.3 Å². The van der Waals surface area contributed by atoms with Crippen LogP contribution in [0.3, 0.4) is 0 Å². The first kappa shape index (κ1) is 20.6. The minimum Gasteiger partial charge on any atom is -0.457 e. The third-order valence-corrected chi connectivity index (χ3v) is 6.11.